The van der Waals surface area contributed by atoms with Gasteiger partial charge in [0.25, 0.3) is 5.91 Å². The van der Waals surface area contributed by atoms with E-state index in [0.29, 0.717) is 5.82 Å². The molecule has 1 aliphatic rings. The molecule has 0 saturated carbocycles. The van der Waals surface area contributed by atoms with Gasteiger partial charge in [0, 0.05) is 13.1 Å². The number of hydrogen-bond acceptors (Lipinski definition) is 4. The average molecular weight is 288 g/mol. The highest BCUT2D eigenvalue weighted by Crippen LogP contribution is 2.35. The Balaban J connectivity index is 2.22. The number of rotatable bonds is 2. The van der Waals surface area contributed by atoms with E-state index in [2.05, 4.69) is 4.98 Å². The van der Waals surface area contributed by atoms with Gasteiger partial charge in [-0.05, 0) is 31.0 Å². The fourth-order valence-corrected chi connectivity index (χ4v) is 2.24. The maximum Gasteiger partial charge on any atom is 0.393 e. The van der Waals surface area contributed by atoms with Gasteiger partial charge < -0.3 is 4.90 Å². The Morgan fingerprint density at radius 2 is 2.20 bits per heavy atom. The Labute approximate surface area is 113 Å². The number of carbonyl (C=O) groups is 1. The average Bonchev–Trinajstić information content (AvgIpc) is 2.86. The van der Waals surface area contributed by atoms with Crippen molar-refractivity contribution in [2.45, 2.75) is 19.5 Å². The number of nitrogens with one attached hydrogen (secondary N) is 1. The smallest absolute Gasteiger partial charge is 0.356 e. The SMILES string of the molecule is Cc1cc(C(=O)NN)nc(N2CCC(C(F)(F)F)C2)c1. The van der Waals surface area contributed by atoms with E-state index in [9.17, 15) is 18.0 Å². The van der Waals surface area contributed by atoms with Crippen molar-refractivity contribution in [3.05, 3.63) is 23.4 Å². The van der Waals surface area contributed by atoms with Crippen LogP contribution in [0.25, 0.3) is 0 Å². The van der Waals surface area contributed by atoms with Crippen LogP contribution in [0.5, 0.6) is 0 Å². The standard InChI is InChI=1S/C12H15F3N4O/c1-7-4-9(11(20)18-16)17-10(5-7)19-3-2-8(6-19)12(13,14)15/h4-5,8H,2-3,6,16H2,1H3,(H,18,20). The van der Waals surface area contributed by atoms with Gasteiger partial charge in [-0.1, -0.05) is 0 Å². The molecule has 1 atom stereocenters. The predicted molar refractivity (Wildman–Crippen MR) is 67.0 cm³/mol. The van der Waals surface area contributed by atoms with E-state index < -0.39 is 18.0 Å². The first kappa shape index (κ1) is 14.6. The number of nitrogens with zero attached hydrogens (tertiary/aromatic N) is 2. The van der Waals surface area contributed by atoms with Crippen molar-refractivity contribution < 1.29 is 18.0 Å². The van der Waals surface area contributed by atoms with Gasteiger partial charge in [-0.25, -0.2) is 10.8 Å². The molecule has 1 saturated heterocycles. The quantitative estimate of drug-likeness (QED) is 0.490. The van der Waals surface area contributed by atoms with Crippen molar-refractivity contribution in [3.63, 3.8) is 0 Å². The minimum absolute atomic E-state index is 0.0392. The van der Waals surface area contributed by atoms with Crippen LogP contribution in [0.4, 0.5) is 19.0 Å². The number of anilines is 1. The number of amides is 1. The number of carbonyl (C=O) groups excluding carboxylic acids is 1. The highest BCUT2D eigenvalue weighted by molar-refractivity contribution is 5.92. The van der Waals surface area contributed by atoms with Crippen LogP contribution in [-0.4, -0.2) is 30.2 Å². The molecule has 2 heterocycles. The largest absolute Gasteiger partial charge is 0.393 e. The number of aromatic nitrogens is 1. The third-order valence-corrected chi connectivity index (χ3v) is 3.30. The summed E-state index contributed by atoms with van der Waals surface area (Å²) in [6.07, 6.45) is -4.16. The summed E-state index contributed by atoms with van der Waals surface area (Å²) in [5.41, 5.74) is 2.79. The van der Waals surface area contributed by atoms with Crippen molar-refractivity contribution in [1.29, 1.82) is 0 Å². The molecule has 8 heteroatoms. The van der Waals surface area contributed by atoms with E-state index >= 15 is 0 Å². The summed E-state index contributed by atoms with van der Waals surface area (Å²) in [5.74, 6) is 3.49. The lowest BCUT2D eigenvalue weighted by atomic mass is 10.1. The molecule has 5 nitrogen and oxygen atoms in total. The number of nitrogens with two attached hydrogens (primary N) is 1. The van der Waals surface area contributed by atoms with Gasteiger partial charge in [0.15, 0.2) is 0 Å². The molecule has 1 aromatic rings. The van der Waals surface area contributed by atoms with Crippen LogP contribution in [0, 0.1) is 12.8 Å². The monoisotopic (exact) mass is 288 g/mol. The fourth-order valence-electron chi connectivity index (χ4n) is 2.24. The molecule has 110 valence electrons. The lowest BCUT2D eigenvalue weighted by Crippen LogP contribution is -2.32. The molecule has 0 aliphatic carbocycles. The highest BCUT2D eigenvalue weighted by atomic mass is 19.4. The minimum atomic E-state index is -4.20. The molecule has 3 N–H and O–H groups in total. The van der Waals surface area contributed by atoms with Crippen LogP contribution < -0.4 is 16.2 Å². The molecule has 0 bridgehead atoms. The van der Waals surface area contributed by atoms with Gasteiger partial charge in [-0.15, -0.1) is 0 Å². The number of aryl methyl sites for hydroxylation is 1. The summed E-state index contributed by atoms with van der Waals surface area (Å²) in [6.45, 7) is 1.88. The number of alkyl halides is 3. The van der Waals surface area contributed by atoms with Gasteiger partial charge in [-0.3, -0.25) is 10.2 Å². The molecular weight excluding hydrogens is 273 g/mol. The van der Waals surface area contributed by atoms with Crippen LogP contribution in [0.1, 0.15) is 22.5 Å². The van der Waals surface area contributed by atoms with Crippen molar-refractivity contribution >= 4 is 11.7 Å². The molecule has 1 aromatic heterocycles. The molecule has 0 aromatic carbocycles. The molecule has 20 heavy (non-hydrogen) atoms. The Bertz CT molecular complexity index is 518. The van der Waals surface area contributed by atoms with Crippen LogP contribution in [-0.2, 0) is 0 Å². The van der Waals surface area contributed by atoms with Crippen LogP contribution in [0.3, 0.4) is 0 Å². The maximum absolute atomic E-state index is 12.7. The summed E-state index contributed by atoms with van der Waals surface area (Å²) < 4.78 is 38.0. The number of halogens is 3. The lowest BCUT2D eigenvalue weighted by molar-refractivity contribution is -0.168. The molecule has 1 amide bonds. The number of nitrogen functional groups attached to an aromatic ring is 1. The van der Waals surface area contributed by atoms with Gasteiger partial charge in [0.1, 0.15) is 11.5 Å². The topological polar surface area (TPSA) is 71.2 Å². The molecule has 1 fully saturated rings. The van der Waals surface area contributed by atoms with Gasteiger partial charge in [0.05, 0.1) is 5.92 Å². The zero-order valence-corrected chi connectivity index (χ0v) is 10.9. The normalized spacial score (nSPS) is 19.2. The van der Waals surface area contributed by atoms with E-state index in [-0.39, 0.29) is 25.2 Å². The van der Waals surface area contributed by atoms with Crippen molar-refractivity contribution in [2.75, 3.05) is 18.0 Å². The van der Waals surface area contributed by atoms with Gasteiger partial charge in [0.2, 0.25) is 0 Å². The summed E-state index contributed by atoms with van der Waals surface area (Å²) in [4.78, 5) is 17.1. The Kier molecular flexibility index (Phi) is 3.85. The number of pyridine rings is 1. The minimum Gasteiger partial charge on any atom is -0.356 e. The van der Waals surface area contributed by atoms with Crippen molar-refractivity contribution in [2.24, 2.45) is 11.8 Å². The third-order valence-electron chi connectivity index (χ3n) is 3.30. The van der Waals surface area contributed by atoms with Gasteiger partial charge in [-0.2, -0.15) is 13.2 Å². The molecule has 2 rings (SSSR count). The molecule has 0 radical (unpaired) electrons. The zero-order chi connectivity index (χ0) is 14.9. The van der Waals surface area contributed by atoms with Crippen LogP contribution in [0.15, 0.2) is 12.1 Å². The third kappa shape index (κ3) is 3.01. The number of hydrogen-bond donors (Lipinski definition) is 2. The Hall–Kier alpha value is -1.83. The fraction of sp³-hybridized carbons (Fsp3) is 0.500. The van der Waals surface area contributed by atoms with Crippen molar-refractivity contribution in [3.8, 4) is 0 Å². The van der Waals surface area contributed by atoms with E-state index in [1.165, 1.54) is 6.07 Å². The molecular formula is C12H15F3N4O. The summed E-state index contributed by atoms with van der Waals surface area (Å²) >= 11 is 0. The number of hydrazine groups is 1. The summed E-state index contributed by atoms with van der Waals surface area (Å²) in [7, 11) is 0. The molecule has 0 spiro atoms. The van der Waals surface area contributed by atoms with Crippen LogP contribution in [0.2, 0.25) is 0 Å². The highest BCUT2D eigenvalue weighted by Gasteiger charge is 2.43. The van der Waals surface area contributed by atoms with Crippen molar-refractivity contribution in [1.82, 2.24) is 10.4 Å². The van der Waals surface area contributed by atoms with E-state index in [0.717, 1.165) is 5.56 Å². The lowest BCUT2D eigenvalue weighted by Gasteiger charge is -2.19. The summed E-state index contributed by atoms with van der Waals surface area (Å²) in [5, 5.41) is 0. The Morgan fingerprint density at radius 1 is 1.50 bits per heavy atom. The predicted octanol–water partition coefficient (Wildman–Crippen LogP) is 1.38. The second-order valence-electron chi connectivity index (χ2n) is 4.83. The van der Waals surface area contributed by atoms with Crippen LogP contribution >= 0.6 is 0 Å². The first-order valence-corrected chi connectivity index (χ1v) is 6.12. The maximum atomic E-state index is 12.7. The van der Waals surface area contributed by atoms with E-state index in [4.69, 9.17) is 5.84 Å². The Morgan fingerprint density at radius 3 is 2.75 bits per heavy atom. The second-order valence-corrected chi connectivity index (χ2v) is 4.83. The summed E-state index contributed by atoms with van der Waals surface area (Å²) in [6, 6.07) is 3.19. The second kappa shape index (κ2) is 5.28. The zero-order valence-electron chi connectivity index (χ0n) is 10.9. The first-order valence-electron chi connectivity index (χ1n) is 6.12. The molecule has 1 unspecified atom stereocenters. The molecule has 1 aliphatic heterocycles. The first-order chi connectivity index (χ1) is 9.31. The van der Waals surface area contributed by atoms with E-state index in [1.54, 1.807) is 17.9 Å². The van der Waals surface area contributed by atoms with E-state index in [1.807, 2.05) is 5.43 Å². The van der Waals surface area contributed by atoms with Gasteiger partial charge >= 0.3 is 6.18 Å².